The first-order valence-electron chi connectivity index (χ1n) is 9.04. The molecule has 0 radical (unpaired) electrons. The van der Waals surface area contributed by atoms with Crippen molar-refractivity contribution in [1.29, 1.82) is 5.26 Å². The van der Waals surface area contributed by atoms with Crippen LogP contribution in [0.4, 0.5) is 5.69 Å². The summed E-state index contributed by atoms with van der Waals surface area (Å²) in [5.41, 5.74) is 4.01. The van der Waals surface area contributed by atoms with Crippen molar-refractivity contribution in [3.8, 4) is 22.9 Å². The fraction of sp³-hybridized carbons (Fsp3) is 0.0500. The quantitative estimate of drug-likeness (QED) is 0.385. The van der Waals surface area contributed by atoms with Gasteiger partial charge >= 0.3 is 10.3 Å². The minimum atomic E-state index is -4.13. The van der Waals surface area contributed by atoms with Gasteiger partial charge in [-0.15, -0.1) is 10.2 Å². The van der Waals surface area contributed by atoms with Crippen LogP contribution in [0, 0.1) is 11.3 Å². The molecule has 2 N–H and O–H groups in total. The molecule has 0 atom stereocenters. The first kappa shape index (κ1) is 22.0. The molecule has 32 heavy (non-hydrogen) atoms. The van der Waals surface area contributed by atoms with E-state index >= 15 is 0 Å². The zero-order valence-electron chi connectivity index (χ0n) is 16.3. The Morgan fingerprint density at radius 3 is 2.59 bits per heavy atom. The molecule has 0 unspecified atom stereocenters. The Labute approximate surface area is 196 Å². The molecule has 0 saturated heterocycles. The van der Waals surface area contributed by atoms with Gasteiger partial charge in [0.15, 0.2) is 5.75 Å². The number of nitrogens with zero attached hydrogens (tertiary/aromatic N) is 5. The second kappa shape index (κ2) is 9.09. The van der Waals surface area contributed by atoms with E-state index in [0.717, 1.165) is 22.4 Å². The van der Waals surface area contributed by atoms with Crippen LogP contribution in [0.25, 0.3) is 11.1 Å². The van der Waals surface area contributed by atoms with Crippen LogP contribution in [0.1, 0.15) is 11.1 Å². The average molecular weight is 531 g/mol. The van der Waals surface area contributed by atoms with Crippen LogP contribution >= 0.6 is 27.3 Å². The Bertz CT molecular complexity index is 1380. The maximum absolute atomic E-state index is 11.2. The van der Waals surface area contributed by atoms with Crippen molar-refractivity contribution in [3.63, 3.8) is 0 Å². The summed E-state index contributed by atoms with van der Waals surface area (Å²) in [6, 6.07) is 14.8. The number of benzene rings is 2. The van der Waals surface area contributed by atoms with Gasteiger partial charge in [0.2, 0.25) is 0 Å². The minimum absolute atomic E-state index is 0.0882. The molecule has 0 bridgehead atoms. The number of thiophene rings is 1. The summed E-state index contributed by atoms with van der Waals surface area (Å²) in [5.74, 6) is 0.0882. The molecule has 162 valence electrons. The maximum Gasteiger partial charge on any atom is 0.380 e. The highest BCUT2D eigenvalue weighted by atomic mass is 79.9. The van der Waals surface area contributed by atoms with Crippen LogP contribution in [0.5, 0.6) is 5.75 Å². The fourth-order valence-electron chi connectivity index (χ4n) is 3.08. The van der Waals surface area contributed by atoms with Gasteiger partial charge in [-0.05, 0) is 74.2 Å². The number of aromatic nitrogens is 3. The first-order valence-corrected chi connectivity index (χ1v) is 12.2. The van der Waals surface area contributed by atoms with Gasteiger partial charge < -0.3 is 4.18 Å². The summed E-state index contributed by atoms with van der Waals surface area (Å²) < 4.78 is 29.4. The van der Waals surface area contributed by atoms with Gasteiger partial charge in [0, 0.05) is 5.56 Å². The van der Waals surface area contributed by atoms with Gasteiger partial charge in [-0.2, -0.15) is 30.2 Å². The molecule has 2 aromatic heterocycles. The number of hydrogen-bond acceptors (Lipinski definition) is 8. The van der Waals surface area contributed by atoms with Crippen LogP contribution in [0.3, 0.4) is 0 Å². The SMILES string of the molecule is N#Cc1ccc(N(Cc2ccc(OS(N)(=O)=O)c(Br)c2)n2cnnc2)cc1-c1ccsc1. The van der Waals surface area contributed by atoms with Gasteiger partial charge in [-0.3, -0.25) is 5.01 Å². The molecule has 2 heterocycles. The van der Waals surface area contributed by atoms with E-state index in [4.69, 9.17) is 9.32 Å². The summed E-state index contributed by atoms with van der Waals surface area (Å²) in [7, 11) is -4.13. The zero-order valence-corrected chi connectivity index (χ0v) is 19.5. The smallest absolute Gasteiger partial charge is 0.370 e. The highest BCUT2D eigenvalue weighted by Gasteiger charge is 2.16. The van der Waals surface area contributed by atoms with E-state index in [1.165, 1.54) is 6.07 Å². The zero-order chi connectivity index (χ0) is 22.7. The standard InChI is InChI=1S/C20H15BrN6O3S2/c21-19-7-14(1-4-20(19)30-32(23,28)29)10-27(26-12-24-25-13-26)17-3-2-15(9-22)18(8-17)16-5-6-31-11-16/h1-8,11-13H,10H2,(H2,23,28,29). The highest BCUT2D eigenvalue weighted by molar-refractivity contribution is 9.10. The summed E-state index contributed by atoms with van der Waals surface area (Å²) in [6.45, 7) is 0.390. The predicted molar refractivity (Wildman–Crippen MR) is 124 cm³/mol. The molecular weight excluding hydrogens is 516 g/mol. The topological polar surface area (TPSA) is 127 Å². The fourth-order valence-corrected chi connectivity index (χ4v) is 4.75. The van der Waals surface area contributed by atoms with Crippen LogP contribution in [0.15, 0.2) is 70.4 Å². The summed E-state index contributed by atoms with van der Waals surface area (Å²) in [6.07, 6.45) is 3.13. The lowest BCUT2D eigenvalue weighted by Gasteiger charge is -2.26. The minimum Gasteiger partial charge on any atom is -0.370 e. The normalized spacial score (nSPS) is 11.2. The van der Waals surface area contributed by atoms with Crippen LogP contribution in [0.2, 0.25) is 0 Å². The Balaban J connectivity index is 1.72. The van der Waals surface area contributed by atoms with Crippen LogP contribution < -0.4 is 14.3 Å². The van der Waals surface area contributed by atoms with E-state index in [2.05, 4.69) is 32.2 Å². The maximum atomic E-state index is 11.2. The Morgan fingerprint density at radius 1 is 1.19 bits per heavy atom. The Morgan fingerprint density at radius 2 is 1.97 bits per heavy atom. The number of halogens is 1. The molecule has 4 rings (SSSR count). The average Bonchev–Trinajstić information content (AvgIpc) is 3.47. The van der Waals surface area contributed by atoms with E-state index in [0.29, 0.717) is 16.6 Å². The lowest BCUT2D eigenvalue weighted by atomic mass is 10.0. The van der Waals surface area contributed by atoms with Gasteiger partial charge in [-0.1, -0.05) is 6.07 Å². The number of nitrogens with two attached hydrogens (primary N) is 1. The van der Waals surface area contributed by atoms with Crippen molar-refractivity contribution in [3.05, 3.63) is 81.5 Å². The third kappa shape index (κ3) is 4.97. The second-order valence-electron chi connectivity index (χ2n) is 6.59. The predicted octanol–water partition coefficient (Wildman–Crippen LogP) is 3.69. The Kier molecular flexibility index (Phi) is 6.24. The monoisotopic (exact) mass is 530 g/mol. The second-order valence-corrected chi connectivity index (χ2v) is 9.38. The highest BCUT2D eigenvalue weighted by Crippen LogP contribution is 2.32. The number of anilines is 1. The molecule has 0 aliphatic rings. The largest absolute Gasteiger partial charge is 0.380 e. The van der Waals surface area contributed by atoms with Crippen LogP contribution in [-0.4, -0.2) is 23.3 Å². The molecule has 12 heteroatoms. The molecule has 0 saturated carbocycles. The van der Waals surface area contributed by atoms with Crippen LogP contribution in [-0.2, 0) is 16.8 Å². The van der Waals surface area contributed by atoms with Crippen molar-refractivity contribution < 1.29 is 12.6 Å². The van der Waals surface area contributed by atoms with E-state index in [1.807, 2.05) is 34.0 Å². The molecule has 0 amide bonds. The molecular formula is C20H15BrN6O3S2. The molecule has 4 aromatic rings. The Hall–Kier alpha value is -3.24. The molecule has 0 fully saturated rings. The number of rotatable bonds is 7. The molecule has 0 aliphatic heterocycles. The molecule has 0 spiro atoms. The number of nitriles is 1. The summed E-state index contributed by atoms with van der Waals surface area (Å²) in [5, 5.41) is 28.2. The van der Waals surface area contributed by atoms with Crippen molar-refractivity contribution in [2.45, 2.75) is 6.54 Å². The third-order valence-corrected chi connectivity index (χ3v) is 6.19. The van der Waals surface area contributed by atoms with E-state index < -0.39 is 10.3 Å². The number of hydrogen-bond donors (Lipinski definition) is 1. The molecule has 9 nitrogen and oxygen atoms in total. The lowest BCUT2D eigenvalue weighted by molar-refractivity contribution is 0.486. The van der Waals surface area contributed by atoms with E-state index in [9.17, 15) is 13.7 Å². The molecule has 0 aliphatic carbocycles. The van der Waals surface area contributed by atoms with Crippen molar-refractivity contribution >= 4 is 43.3 Å². The van der Waals surface area contributed by atoms with Gasteiger partial charge in [0.25, 0.3) is 0 Å². The first-order chi connectivity index (χ1) is 15.3. The third-order valence-electron chi connectivity index (χ3n) is 4.47. The molecule has 2 aromatic carbocycles. The lowest BCUT2D eigenvalue weighted by Crippen LogP contribution is -2.28. The van der Waals surface area contributed by atoms with Gasteiger partial charge in [-0.25, -0.2) is 4.68 Å². The van der Waals surface area contributed by atoms with Gasteiger partial charge in [0.1, 0.15) is 12.7 Å². The van der Waals surface area contributed by atoms with Crippen molar-refractivity contribution in [1.82, 2.24) is 14.9 Å². The van der Waals surface area contributed by atoms with E-state index in [-0.39, 0.29) is 5.75 Å². The van der Waals surface area contributed by atoms with Crippen molar-refractivity contribution in [2.75, 3.05) is 5.01 Å². The summed E-state index contributed by atoms with van der Waals surface area (Å²) in [4.78, 5) is 0. The summed E-state index contributed by atoms with van der Waals surface area (Å²) >= 11 is 4.88. The van der Waals surface area contributed by atoms with Gasteiger partial charge in [0.05, 0.1) is 28.3 Å². The van der Waals surface area contributed by atoms with E-state index in [1.54, 1.807) is 46.9 Å². The van der Waals surface area contributed by atoms with Crippen molar-refractivity contribution in [2.24, 2.45) is 5.14 Å².